The van der Waals surface area contributed by atoms with Gasteiger partial charge in [0.1, 0.15) is 0 Å². The van der Waals surface area contributed by atoms with Gasteiger partial charge in [0.2, 0.25) is 0 Å². The number of rotatable bonds is 4. The van der Waals surface area contributed by atoms with E-state index >= 15 is 0 Å². The number of carbonyl (C=O) groups excluding carboxylic acids is 1. The van der Waals surface area contributed by atoms with Gasteiger partial charge in [-0.1, -0.05) is 0 Å². The first kappa shape index (κ1) is 16.9. The van der Waals surface area contributed by atoms with Gasteiger partial charge in [-0.15, -0.1) is 11.3 Å². The Labute approximate surface area is 143 Å². The van der Waals surface area contributed by atoms with Crippen molar-refractivity contribution in [3.8, 4) is 0 Å². The van der Waals surface area contributed by atoms with Crippen molar-refractivity contribution in [1.82, 2.24) is 9.80 Å². The van der Waals surface area contributed by atoms with E-state index in [0.717, 1.165) is 37.4 Å². The van der Waals surface area contributed by atoms with Crippen molar-refractivity contribution in [2.75, 3.05) is 26.7 Å². The third kappa shape index (κ3) is 3.32. The minimum absolute atomic E-state index is 0.208. The van der Waals surface area contributed by atoms with Crippen molar-refractivity contribution in [3.05, 3.63) is 21.9 Å². The van der Waals surface area contributed by atoms with E-state index in [4.69, 9.17) is 4.74 Å². The highest BCUT2D eigenvalue weighted by Crippen LogP contribution is 2.35. The van der Waals surface area contributed by atoms with Crippen LogP contribution in [0.25, 0.3) is 0 Å². The molecule has 1 amide bonds. The Morgan fingerprint density at radius 3 is 2.52 bits per heavy atom. The number of aryl methyl sites for hydroxylation is 1. The monoisotopic (exact) mass is 336 g/mol. The fraction of sp³-hybridized carbons (Fsp3) is 0.722. The first-order valence-electron chi connectivity index (χ1n) is 8.65. The van der Waals surface area contributed by atoms with Crippen LogP contribution < -0.4 is 0 Å². The minimum atomic E-state index is 0.208. The number of thiophene rings is 1. The van der Waals surface area contributed by atoms with Crippen LogP contribution >= 0.6 is 11.3 Å². The van der Waals surface area contributed by atoms with Gasteiger partial charge in [0, 0.05) is 43.7 Å². The molecule has 2 aliphatic heterocycles. The molecule has 0 radical (unpaired) electrons. The van der Waals surface area contributed by atoms with Gasteiger partial charge >= 0.3 is 0 Å². The Balaban J connectivity index is 1.58. The number of amides is 1. The molecule has 1 aromatic heterocycles. The maximum Gasteiger partial charge on any atom is 0.263 e. The van der Waals surface area contributed by atoms with Gasteiger partial charge in [0.25, 0.3) is 5.91 Å². The van der Waals surface area contributed by atoms with Gasteiger partial charge in [-0.2, -0.15) is 0 Å². The zero-order valence-corrected chi connectivity index (χ0v) is 15.4. The van der Waals surface area contributed by atoms with Crippen LogP contribution in [0.15, 0.2) is 12.1 Å². The van der Waals surface area contributed by atoms with E-state index in [1.807, 2.05) is 24.1 Å². The topological polar surface area (TPSA) is 32.8 Å². The molecule has 0 spiro atoms. The normalized spacial score (nSPS) is 26.6. The third-order valence-electron chi connectivity index (χ3n) is 5.38. The highest BCUT2D eigenvalue weighted by molar-refractivity contribution is 7.13. The molecule has 0 saturated carbocycles. The van der Waals surface area contributed by atoms with E-state index in [-0.39, 0.29) is 5.91 Å². The Kier molecular flexibility index (Phi) is 5.09. The Hall–Kier alpha value is -0.910. The number of piperidine rings is 1. The molecule has 0 N–H and O–H groups in total. The molecule has 2 saturated heterocycles. The fourth-order valence-corrected chi connectivity index (χ4v) is 4.84. The van der Waals surface area contributed by atoms with E-state index in [0.29, 0.717) is 24.1 Å². The highest BCUT2D eigenvalue weighted by Gasteiger charge is 2.45. The molecule has 3 rings (SSSR count). The highest BCUT2D eigenvalue weighted by atomic mass is 32.1. The van der Waals surface area contributed by atoms with Crippen LogP contribution in [0.1, 0.15) is 41.2 Å². The summed E-state index contributed by atoms with van der Waals surface area (Å²) in [6, 6.07) is 5.09. The summed E-state index contributed by atoms with van der Waals surface area (Å²) in [5.41, 5.74) is 0. The lowest BCUT2D eigenvalue weighted by Crippen LogP contribution is -2.66. The number of hydrogen-bond acceptors (Lipinski definition) is 4. The largest absolute Gasteiger partial charge is 0.378 e. The molecule has 23 heavy (non-hydrogen) atoms. The van der Waals surface area contributed by atoms with Gasteiger partial charge in [0.05, 0.1) is 11.0 Å². The standard InChI is InChI=1S/C18H28N2O2S/c1-12(2)20-11-15(22-4)17(20)14-7-9-19(10-8-14)18(21)16-6-5-13(3)23-16/h5-6,12,14-15,17H,7-11H2,1-4H3/t15-,17-/m0/s1. The first-order chi connectivity index (χ1) is 11.0. The molecule has 5 heteroatoms. The van der Waals surface area contributed by atoms with Crippen molar-refractivity contribution in [2.45, 2.75) is 51.8 Å². The summed E-state index contributed by atoms with van der Waals surface area (Å²) < 4.78 is 5.66. The molecule has 0 aromatic carbocycles. The lowest BCUT2D eigenvalue weighted by atomic mass is 9.79. The Morgan fingerprint density at radius 2 is 2.00 bits per heavy atom. The molecule has 0 bridgehead atoms. The molecule has 3 heterocycles. The molecule has 0 unspecified atom stereocenters. The molecule has 1 aromatic rings. The smallest absolute Gasteiger partial charge is 0.263 e. The average molecular weight is 337 g/mol. The second kappa shape index (κ2) is 6.91. The summed E-state index contributed by atoms with van der Waals surface area (Å²) in [6.07, 6.45) is 2.54. The van der Waals surface area contributed by atoms with Crippen LogP contribution in [-0.4, -0.2) is 60.6 Å². The van der Waals surface area contributed by atoms with Crippen molar-refractivity contribution < 1.29 is 9.53 Å². The zero-order chi connectivity index (χ0) is 16.6. The van der Waals surface area contributed by atoms with E-state index in [1.54, 1.807) is 11.3 Å². The van der Waals surface area contributed by atoms with E-state index < -0.39 is 0 Å². The van der Waals surface area contributed by atoms with Crippen molar-refractivity contribution in [2.24, 2.45) is 5.92 Å². The number of methoxy groups -OCH3 is 1. The minimum Gasteiger partial charge on any atom is -0.378 e. The van der Waals surface area contributed by atoms with E-state index in [9.17, 15) is 4.79 Å². The van der Waals surface area contributed by atoms with Crippen LogP contribution in [0.4, 0.5) is 0 Å². The summed E-state index contributed by atoms with van der Waals surface area (Å²) in [7, 11) is 1.83. The molecular weight excluding hydrogens is 308 g/mol. The lowest BCUT2D eigenvalue weighted by molar-refractivity contribution is -0.128. The van der Waals surface area contributed by atoms with Crippen LogP contribution in [-0.2, 0) is 4.74 Å². The molecule has 2 atom stereocenters. The van der Waals surface area contributed by atoms with Crippen LogP contribution in [0.5, 0.6) is 0 Å². The number of nitrogens with zero attached hydrogens (tertiary/aromatic N) is 2. The number of ether oxygens (including phenoxy) is 1. The SMILES string of the molecule is CO[C@H]1CN(C(C)C)[C@H]1C1CCN(C(=O)c2ccc(C)s2)CC1. The predicted molar refractivity (Wildman–Crippen MR) is 94.1 cm³/mol. The summed E-state index contributed by atoms with van der Waals surface area (Å²) in [5.74, 6) is 0.851. The second-order valence-corrected chi connectivity index (χ2v) is 8.38. The summed E-state index contributed by atoms with van der Waals surface area (Å²) in [5, 5.41) is 0. The van der Waals surface area contributed by atoms with Crippen LogP contribution in [0, 0.1) is 12.8 Å². The van der Waals surface area contributed by atoms with E-state index in [1.165, 1.54) is 4.88 Å². The number of hydrogen-bond donors (Lipinski definition) is 0. The lowest BCUT2D eigenvalue weighted by Gasteiger charge is -2.54. The molecule has 2 aliphatic rings. The quantitative estimate of drug-likeness (QED) is 0.847. The average Bonchev–Trinajstić information content (AvgIpc) is 2.93. The van der Waals surface area contributed by atoms with Gasteiger partial charge in [-0.05, 0) is 51.7 Å². The second-order valence-electron chi connectivity index (χ2n) is 7.10. The predicted octanol–water partition coefficient (Wildman–Crippen LogP) is 3.02. The van der Waals surface area contributed by atoms with Crippen molar-refractivity contribution >= 4 is 17.2 Å². The van der Waals surface area contributed by atoms with E-state index in [2.05, 4.69) is 25.7 Å². The summed E-state index contributed by atoms with van der Waals surface area (Å²) in [4.78, 5) is 19.2. The maximum absolute atomic E-state index is 12.6. The molecular formula is C18H28N2O2S. The molecule has 128 valence electrons. The van der Waals surface area contributed by atoms with Crippen LogP contribution in [0.2, 0.25) is 0 Å². The number of carbonyl (C=O) groups is 1. The van der Waals surface area contributed by atoms with Crippen molar-refractivity contribution in [3.63, 3.8) is 0 Å². The van der Waals surface area contributed by atoms with Crippen LogP contribution in [0.3, 0.4) is 0 Å². The molecule has 4 nitrogen and oxygen atoms in total. The summed E-state index contributed by atoms with van der Waals surface area (Å²) in [6.45, 7) is 9.37. The third-order valence-corrected chi connectivity index (χ3v) is 6.37. The van der Waals surface area contributed by atoms with Gasteiger partial charge < -0.3 is 9.64 Å². The zero-order valence-electron chi connectivity index (χ0n) is 14.6. The van der Waals surface area contributed by atoms with Crippen molar-refractivity contribution in [1.29, 1.82) is 0 Å². The summed E-state index contributed by atoms with van der Waals surface area (Å²) >= 11 is 1.60. The first-order valence-corrected chi connectivity index (χ1v) is 9.47. The number of likely N-dealkylation sites (tertiary alicyclic amines) is 2. The van der Waals surface area contributed by atoms with Gasteiger partial charge in [-0.25, -0.2) is 0 Å². The fourth-order valence-electron chi connectivity index (χ4n) is 4.01. The Morgan fingerprint density at radius 1 is 1.30 bits per heavy atom. The maximum atomic E-state index is 12.6. The molecule has 2 fully saturated rings. The Bertz CT molecular complexity index is 549. The van der Waals surface area contributed by atoms with Gasteiger partial charge in [-0.3, -0.25) is 9.69 Å². The molecule has 0 aliphatic carbocycles. The van der Waals surface area contributed by atoms with Gasteiger partial charge in [0.15, 0.2) is 0 Å².